The molecule has 0 bridgehead atoms. The number of anilines is 1. The molecule has 192 valence electrons. The Hall–Kier alpha value is -3.17. The molecule has 1 aromatic heterocycles. The summed E-state index contributed by atoms with van der Waals surface area (Å²) < 4.78 is 34.4. The summed E-state index contributed by atoms with van der Waals surface area (Å²) in [5, 5.41) is 11.3. The highest BCUT2D eigenvalue weighted by Gasteiger charge is 2.27. The van der Waals surface area contributed by atoms with Crippen molar-refractivity contribution in [3.8, 4) is 0 Å². The van der Waals surface area contributed by atoms with Crippen molar-refractivity contribution in [1.82, 2.24) is 13.9 Å². The summed E-state index contributed by atoms with van der Waals surface area (Å²) in [5.41, 5.74) is 7.64. The highest BCUT2D eigenvalue weighted by Crippen LogP contribution is 2.31. The number of carbonyl (C=O) groups excluding carboxylic acids is 2. The summed E-state index contributed by atoms with van der Waals surface area (Å²) in [6, 6.07) is 10.7. The molecule has 0 aliphatic carbocycles. The number of benzene rings is 2. The summed E-state index contributed by atoms with van der Waals surface area (Å²) >= 11 is 2.08. The highest BCUT2D eigenvalue weighted by atomic mass is 127. The number of furan rings is 1. The Kier molecular flexibility index (Phi) is 8.26. The number of amidine groups is 1. The van der Waals surface area contributed by atoms with Crippen LogP contribution in [-0.4, -0.2) is 56.4 Å². The van der Waals surface area contributed by atoms with Crippen molar-refractivity contribution in [2.75, 3.05) is 26.5 Å². The van der Waals surface area contributed by atoms with Crippen LogP contribution in [0, 0.1) is 8.98 Å². The number of hydrogen-bond acceptors (Lipinski definition) is 7. The molecule has 0 aliphatic heterocycles. The van der Waals surface area contributed by atoms with Crippen LogP contribution in [0.25, 0.3) is 11.0 Å². The average Bonchev–Trinajstić information content (AvgIpc) is 3.20. The first kappa shape index (κ1) is 27.4. The van der Waals surface area contributed by atoms with Gasteiger partial charge in [0, 0.05) is 44.7 Å². The molecule has 2 amide bonds. The summed E-state index contributed by atoms with van der Waals surface area (Å²) in [6.07, 6.45) is 0. The van der Waals surface area contributed by atoms with E-state index in [1.165, 1.54) is 25.9 Å². The third-order valence-corrected chi connectivity index (χ3v) is 7.61. The molecule has 3 rings (SSSR count). The smallest absolute Gasteiger partial charge is 0.303 e. The topological polar surface area (TPSA) is 162 Å². The minimum Gasteiger partial charge on any atom is -0.458 e. The van der Waals surface area contributed by atoms with Crippen LogP contribution in [-0.2, 0) is 26.3 Å². The molecule has 0 aliphatic rings. The van der Waals surface area contributed by atoms with Gasteiger partial charge in [0.1, 0.15) is 23.2 Å². The molecule has 36 heavy (non-hydrogen) atoms. The molecule has 0 radical (unpaired) electrons. The van der Waals surface area contributed by atoms with E-state index in [0.29, 0.717) is 37.1 Å². The first-order valence-corrected chi connectivity index (χ1v) is 13.2. The molecular formula is C23H27IN6O5S. The van der Waals surface area contributed by atoms with E-state index >= 15 is 0 Å². The van der Waals surface area contributed by atoms with Crippen LogP contribution in [0.3, 0.4) is 0 Å². The van der Waals surface area contributed by atoms with Gasteiger partial charge in [-0.1, -0.05) is 0 Å². The van der Waals surface area contributed by atoms with E-state index in [1.54, 1.807) is 49.5 Å². The van der Waals surface area contributed by atoms with E-state index < -0.39 is 22.2 Å². The van der Waals surface area contributed by atoms with Gasteiger partial charge in [0.15, 0.2) is 0 Å². The zero-order valence-corrected chi connectivity index (χ0v) is 23.1. The number of nitrogens with zero attached hydrogens (tertiary/aromatic N) is 2. The highest BCUT2D eigenvalue weighted by molar-refractivity contribution is 14.1. The third kappa shape index (κ3) is 6.33. The number of nitrogen functional groups attached to an aromatic ring is 1. The van der Waals surface area contributed by atoms with E-state index in [-0.39, 0.29) is 18.3 Å². The van der Waals surface area contributed by atoms with Gasteiger partial charge in [0.2, 0.25) is 5.91 Å². The lowest BCUT2D eigenvalue weighted by Crippen LogP contribution is -2.43. The fourth-order valence-electron chi connectivity index (χ4n) is 3.27. The molecule has 5 N–H and O–H groups in total. The van der Waals surface area contributed by atoms with Crippen molar-refractivity contribution in [1.29, 1.82) is 5.41 Å². The van der Waals surface area contributed by atoms with Gasteiger partial charge in [0.05, 0.1) is 10.1 Å². The number of nitrogens with two attached hydrogens (primary N) is 1. The number of nitrogens with one attached hydrogen (secondary N) is 3. The first-order valence-electron chi connectivity index (χ1n) is 10.7. The molecule has 0 spiro atoms. The Labute approximate surface area is 222 Å². The first-order chi connectivity index (χ1) is 16.8. The normalized spacial score (nSPS) is 12.4. The van der Waals surface area contributed by atoms with E-state index in [9.17, 15) is 18.0 Å². The summed E-state index contributed by atoms with van der Waals surface area (Å²) in [4.78, 5) is 26.3. The number of fused-ring (bicyclic) bond motifs is 1. The second kappa shape index (κ2) is 10.8. The van der Waals surface area contributed by atoms with Gasteiger partial charge in [-0.15, -0.1) is 0 Å². The Bertz CT molecular complexity index is 1420. The number of rotatable bonds is 9. The van der Waals surface area contributed by atoms with E-state index in [0.717, 1.165) is 4.31 Å². The Morgan fingerprint density at radius 3 is 2.33 bits per heavy atom. The molecule has 2 aromatic carbocycles. The number of amides is 2. The monoisotopic (exact) mass is 626 g/mol. The fourth-order valence-corrected chi connectivity index (χ4v) is 4.60. The maximum atomic E-state index is 13.2. The van der Waals surface area contributed by atoms with Gasteiger partial charge in [-0.3, -0.25) is 15.0 Å². The van der Waals surface area contributed by atoms with Crippen LogP contribution in [0.5, 0.6) is 0 Å². The largest absolute Gasteiger partial charge is 0.458 e. The third-order valence-electron chi connectivity index (χ3n) is 5.39. The van der Waals surface area contributed by atoms with Crippen LogP contribution in [0.1, 0.15) is 29.9 Å². The molecule has 1 heterocycles. The van der Waals surface area contributed by atoms with Gasteiger partial charge < -0.3 is 20.4 Å². The number of halogens is 1. The van der Waals surface area contributed by atoms with Crippen molar-refractivity contribution >= 4 is 67.1 Å². The van der Waals surface area contributed by atoms with Crippen LogP contribution >= 0.6 is 22.6 Å². The number of carbonyl (C=O) groups is 2. The van der Waals surface area contributed by atoms with Crippen molar-refractivity contribution in [2.45, 2.75) is 19.5 Å². The quantitative estimate of drug-likeness (QED) is 0.161. The lowest BCUT2D eigenvalue weighted by atomic mass is 10.0. The molecule has 0 fully saturated rings. The Morgan fingerprint density at radius 2 is 1.78 bits per heavy atom. The zero-order chi connectivity index (χ0) is 26.8. The summed E-state index contributed by atoms with van der Waals surface area (Å²) in [7, 11) is 0.262. The predicted molar refractivity (Wildman–Crippen MR) is 146 cm³/mol. The molecule has 3 aromatic rings. The van der Waals surface area contributed by atoms with Crippen molar-refractivity contribution in [3.63, 3.8) is 0 Å². The molecule has 13 heteroatoms. The standard InChI is InChI=1S/C23H27IN6O5S/c1-13(31)30(4)12-18-10-16-9-15(11-19(24)21(16)35-18)20(23(32)28-36(33,34)29(2)3)27-17-7-5-14(6-8-17)22(25)26/h5-11,20,27H,12H2,1-4H3,(H3,25,26)(H,28,32). The summed E-state index contributed by atoms with van der Waals surface area (Å²) in [5.74, 6) is -0.417. The van der Waals surface area contributed by atoms with E-state index in [2.05, 4.69) is 32.6 Å². The summed E-state index contributed by atoms with van der Waals surface area (Å²) in [6.45, 7) is 1.74. The van der Waals surface area contributed by atoms with Gasteiger partial charge >= 0.3 is 10.2 Å². The van der Waals surface area contributed by atoms with Gasteiger partial charge in [-0.25, -0.2) is 4.72 Å². The van der Waals surface area contributed by atoms with Crippen LogP contribution in [0.15, 0.2) is 46.9 Å². The SMILES string of the molecule is CC(=O)N(C)Cc1cc2cc(C(Nc3ccc(C(=N)N)cc3)C(=O)NS(=O)(=O)N(C)C)cc(I)c2o1. The molecule has 11 nitrogen and oxygen atoms in total. The van der Waals surface area contributed by atoms with E-state index in [1.807, 2.05) is 0 Å². The number of hydrogen-bond donors (Lipinski definition) is 4. The van der Waals surface area contributed by atoms with Crippen LogP contribution in [0.4, 0.5) is 5.69 Å². The average molecular weight is 626 g/mol. The maximum absolute atomic E-state index is 13.2. The van der Waals surface area contributed by atoms with Gasteiger partial charge in [-0.05, 0) is 70.6 Å². The second-order valence-electron chi connectivity index (χ2n) is 8.33. The van der Waals surface area contributed by atoms with Crippen LogP contribution in [0.2, 0.25) is 0 Å². The molecule has 1 atom stereocenters. The van der Waals surface area contributed by atoms with Crippen molar-refractivity contribution in [3.05, 3.63) is 62.9 Å². The lowest BCUT2D eigenvalue weighted by molar-refractivity contribution is -0.128. The molecular weight excluding hydrogens is 599 g/mol. The molecule has 0 saturated carbocycles. The van der Waals surface area contributed by atoms with Crippen molar-refractivity contribution < 1.29 is 22.4 Å². The Balaban J connectivity index is 2.03. The Morgan fingerprint density at radius 1 is 1.14 bits per heavy atom. The zero-order valence-electron chi connectivity index (χ0n) is 20.1. The van der Waals surface area contributed by atoms with Crippen LogP contribution < -0.4 is 15.8 Å². The predicted octanol–water partition coefficient (Wildman–Crippen LogP) is 2.38. The maximum Gasteiger partial charge on any atom is 0.303 e. The van der Waals surface area contributed by atoms with Gasteiger partial charge in [-0.2, -0.15) is 12.7 Å². The van der Waals surface area contributed by atoms with Gasteiger partial charge in [0.25, 0.3) is 5.91 Å². The minimum absolute atomic E-state index is 0.0981. The fraction of sp³-hybridized carbons (Fsp3) is 0.261. The molecule has 1 unspecified atom stereocenters. The van der Waals surface area contributed by atoms with Crippen molar-refractivity contribution in [2.24, 2.45) is 5.73 Å². The molecule has 0 saturated heterocycles. The second-order valence-corrected chi connectivity index (χ2v) is 11.4. The lowest BCUT2D eigenvalue weighted by Gasteiger charge is -2.22. The minimum atomic E-state index is -4.04. The van der Waals surface area contributed by atoms with E-state index in [4.69, 9.17) is 15.6 Å².